The van der Waals surface area contributed by atoms with E-state index in [1.54, 1.807) is 12.5 Å². The van der Waals surface area contributed by atoms with Crippen molar-refractivity contribution in [2.45, 2.75) is 6.54 Å². The van der Waals surface area contributed by atoms with E-state index in [-0.39, 0.29) is 5.59 Å². The van der Waals surface area contributed by atoms with Gasteiger partial charge in [0.25, 0.3) is 0 Å². The number of hydrogen-bond donors (Lipinski definition) is 2. The molecule has 76 valence electrons. The monoisotopic (exact) mass is 202 g/mol. The predicted octanol–water partition coefficient (Wildman–Crippen LogP) is -0.389. The molecule has 1 aromatic heterocycles. The van der Waals surface area contributed by atoms with Crippen molar-refractivity contribution in [3.8, 4) is 0 Å². The second-order valence-electron chi connectivity index (χ2n) is 3.33. The molecule has 0 spiro atoms. The third kappa shape index (κ3) is 2.46. The third-order valence-corrected chi connectivity index (χ3v) is 2.13. The van der Waals surface area contributed by atoms with Crippen molar-refractivity contribution < 1.29 is 10.0 Å². The summed E-state index contributed by atoms with van der Waals surface area (Å²) in [5.41, 5.74) is 1.42. The highest BCUT2D eigenvalue weighted by atomic mass is 16.4. The predicted molar refractivity (Wildman–Crippen MR) is 57.6 cm³/mol. The Morgan fingerprint density at radius 1 is 1.20 bits per heavy atom. The third-order valence-electron chi connectivity index (χ3n) is 2.13. The van der Waals surface area contributed by atoms with Crippen molar-refractivity contribution in [1.29, 1.82) is 0 Å². The zero-order chi connectivity index (χ0) is 10.7. The van der Waals surface area contributed by atoms with Gasteiger partial charge in [-0.1, -0.05) is 30.3 Å². The smallest absolute Gasteiger partial charge is 0.422 e. The molecule has 0 atom stereocenters. The van der Waals surface area contributed by atoms with Crippen LogP contribution in [0.4, 0.5) is 0 Å². The fourth-order valence-electron chi connectivity index (χ4n) is 1.39. The second-order valence-corrected chi connectivity index (χ2v) is 3.33. The fraction of sp³-hybridized carbons (Fsp3) is 0.100. The minimum atomic E-state index is -1.50. The van der Waals surface area contributed by atoms with Gasteiger partial charge in [-0.25, -0.2) is 4.98 Å². The zero-order valence-corrected chi connectivity index (χ0v) is 8.11. The van der Waals surface area contributed by atoms with Crippen LogP contribution in [0.5, 0.6) is 0 Å². The molecule has 0 amide bonds. The van der Waals surface area contributed by atoms with Crippen LogP contribution in [0, 0.1) is 0 Å². The molecule has 15 heavy (non-hydrogen) atoms. The van der Waals surface area contributed by atoms with E-state index in [0.29, 0.717) is 6.54 Å². The number of rotatable bonds is 3. The molecule has 4 nitrogen and oxygen atoms in total. The van der Waals surface area contributed by atoms with E-state index in [1.807, 2.05) is 34.9 Å². The number of nitrogens with zero attached hydrogens (tertiary/aromatic N) is 2. The topological polar surface area (TPSA) is 58.3 Å². The van der Waals surface area contributed by atoms with Gasteiger partial charge >= 0.3 is 7.12 Å². The van der Waals surface area contributed by atoms with E-state index in [2.05, 4.69) is 4.98 Å². The highest BCUT2D eigenvalue weighted by Gasteiger charge is 2.13. The molecular formula is C10H11BN2O2. The summed E-state index contributed by atoms with van der Waals surface area (Å²) in [6, 6.07) is 9.91. The Balaban J connectivity index is 2.12. The van der Waals surface area contributed by atoms with E-state index in [4.69, 9.17) is 10.0 Å². The first-order valence-electron chi connectivity index (χ1n) is 4.67. The van der Waals surface area contributed by atoms with E-state index < -0.39 is 7.12 Å². The van der Waals surface area contributed by atoms with Crippen LogP contribution in [-0.4, -0.2) is 26.7 Å². The Morgan fingerprint density at radius 2 is 1.93 bits per heavy atom. The summed E-state index contributed by atoms with van der Waals surface area (Å²) in [7, 11) is -1.50. The molecule has 0 aliphatic rings. The van der Waals surface area contributed by atoms with Gasteiger partial charge in [0.05, 0.1) is 11.9 Å². The lowest BCUT2D eigenvalue weighted by Gasteiger charge is -2.01. The first kappa shape index (κ1) is 9.95. The molecule has 0 saturated heterocycles. The molecule has 1 heterocycles. The first-order valence-corrected chi connectivity index (χ1v) is 4.67. The molecular weight excluding hydrogens is 191 g/mol. The van der Waals surface area contributed by atoms with Crippen LogP contribution in [0.2, 0.25) is 0 Å². The fourth-order valence-corrected chi connectivity index (χ4v) is 1.39. The molecule has 0 radical (unpaired) electrons. The lowest BCUT2D eigenvalue weighted by molar-refractivity contribution is 0.424. The maximum atomic E-state index is 8.88. The molecule has 0 saturated carbocycles. The molecule has 0 bridgehead atoms. The Labute approximate surface area is 88.0 Å². The van der Waals surface area contributed by atoms with Crippen molar-refractivity contribution in [3.63, 3.8) is 0 Å². The highest BCUT2D eigenvalue weighted by Crippen LogP contribution is 2.00. The van der Waals surface area contributed by atoms with Gasteiger partial charge < -0.3 is 14.6 Å². The van der Waals surface area contributed by atoms with Gasteiger partial charge in [-0.3, -0.25) is 0 Å². The van der Waals surface area contributed by atoms with Gasteiger partial charge in [0.1, 0.15) is 0 Å². The Morgan fingerprint density at radius 3 is 2.53 bits per heavy atom. The molecule has 0 unspecified atom stereocenters. The lowest BCUT2D eigenvalue weighted by Crippen LogP contribution is -2.30. The average Bonchev–Trinajstić information content (AvgIpc) is 2.68. The van der Waals surface area contributed by atoms with Crippen LogP contribution in [0.3, 0.4) is 0 Å². The number of hydrogen-bond acceptors (Lipinski definition) is 3. The van der Waals surface area contributed by atoms with E-state index >= 15 is 0 Å². The van der Waals surface area contributed by atoms with Gasteiger partial charge in [-0.2, -0.15) is 0 Å². The summed E-state index contributed by atoms with van der Waals surface area (Å²) in [6.45, 7) is 0.681. The summed E-state index contributed by atoms with van der Waals surface area (Å²) in [4.78, 5) is 3.87. The van der Waals surface area contributed by atoms with Crippen LogP contribution < -0.4 is 5.59 Å². The molecule has 0 aliphatic carbocycles. The quantitative estimate of drug-likeness (QED) is 0.666. The van der Waals surface area contributed by atoms with Crippen LogP contribution in [0.15, 0.2) is 42.9 Å². The first-order chi connectivity index (χ1) is 7.25. The van der Waals surface area contributed by atoms with Gasteiger partial charge in [0.2, 0.25) is 0 Å². The summed E-state index contributed by atoms with van der Waals surface area (Å²) in [6.07, 6.45) is 3.21. The molecule has 0 fully saturated rings. The van der Waals surface area contributed by atoms with Crippen molar-refractivity contribution >= 4 is 12.7 Å². The molecule has 2 aromatic rings. The van der Waals surface area contributed by atoms with Crippen molar-refractivity contribution in [3.05, 3.63) is 48.4 Å². The lowest BCUT2D eigenvalue weighted by atomic mass is 9.87. The van der Waals surface area contributed by atoms with Crippen LogP contribution in [0.1, 0.15) is 5.56 Å². The van der Waals surface area contributed by atoms with Crippen LogP contribution in [0.25, 0.3) is 0 Å². The minimum Gasteiger partial charge on any atom is -0.422 e. The average molecular weight is 202 g/mol. The number of imidazole rings is 1. The summed E-state index contributed by atoms with van der Waals surface area (Å²) in [5, 5.41) is 17.8. The SMILES string of the molecule is OB(O)c1cn(Cc2ccccc2)cn1. The summed E-state index contributed by atoms with van der Waals surface area (Å²) >= 11 is 0. The van der Waals surface area contributed by atoms with Gasteiger partial charge in [-0.15, -0.1) is 0 Å². The normalized spacial score (nSPS) is 10.3. The van der Waals surface area contributed by atoms with Crippen molar-refractivity contribution in [2.24, 2.45) is 0 Å². The molecule has 5 heteroatoms. The second kappa shape index (κ2) is 4.29. The Hall–Kier alpha value is -1.59. The van der Waals surface area contributed by atoms with Gasteiger partial charge in [0.15, 0.2) is 0 Å². The largest absolute Gasteiger partial charge is 0.509 e. The molecule has 2 N–H and O–H groups in total. The maximum absolute atomic E-state index is 8.88. The Bertz CT molecular complexity index is 428. The summed E-state index contributed by atoms with van der Waals surface area (Å²) < 4.78 is 1.81. The van der Waals surface area contributed by atoms with Gasteiger partial charge in [0, 0.05) is 12.7 Å². The van der Waals surface area contributed by atoms with Crippen LogP contribution in [-0.2, 0) is 6.54 Å². The number of benzene rings is 1. The zero-order valence-electron chi connectivity index (χ0n) is 8.11. The van der Waals surface area contributed by atoms with E-state index in [0.717, 1.165) is 5.56 Å². The van der Waals surface area contributed by atoms with Crippen LogP contribution >= 0.6 is 0 Å². The standard InChI is InChI=1S/C10H11BN2O2/c14-11(15)10-7-13(8-12-10)6-9-4-2-1-3-5-9/h1-5,7-8,14-15H,6H2. The van der Waals surface area contributed by atoms with E-state index in [9.17, 15) is 0 Å². The summed E-state index contributed by atoms with van der Waals surface area (Å²) in [5.74, 6) is 0. The highest BCUT2D eigenvalue weighted by molar-refractivity contribution is 6.57. The van der Waals surface area contributed by atoms with Crippen molar-refractivity contribution in [1.82, 2.24) is 9.55 Å². The molecule has 2 rings (SSSR count). The van der Waals surface area contributed by atoms with E-state index in [1.165, 1.54) is 0 Å². The van der Waals surface area contributed by atoms with Gasteiger partial charge in [-0.05, 0) is 5.56 Å². The Kier molecular flexibility index (Phi) is 2.85. The molecule has 0 aliphatic heterocycles. The minimum absolute atomic E-state index is 0.269. The van der Waals surface area contributed by atoms with Crippen molar-refractivity contribution in [2.75, 3.05) is 0 Å². The maximum Gasteiger partial charge on any atom is 0.509 e. The number of aromatic nitrogens is 2. The molecule has 1 aromatic carbocycles.